The van der Waals surface area contributed by atoms with Crippen LogP contribution in [-0.2, 0) is 0 Å². The molecule has 0 amide bonds. The van der Waals surface area contributed by atoms with Crippen LogP contribution in [0.4, 0.5) is 5.69 Å². The van der Waals surface area contributed by atoms with Gasteiger partial charge in [0.15, 0.2) is 5.69 Å². The van der Waals surface area contributed by atoms with Gasteiger partial charge >= 0.3 is 0 Å². The summed E-state index contributed by atoms with van der Waals surface area (Å²) in [6.45, 7) is 7.93. The molecule has 0 N–H and O–H groups in total. The van der Waals surface area contributed by atoms with Gasteiger partial charge in [-0.05, 0) is 48.0 Å². The van der Waals surface area contributed by atoms with E-state index in [1.165, 1.54) is 52.8 Å². The van der Waals surface area contributed by atoms with Gasteiger partial charge in [0, 0.05) is 48.3 Å². The van der Waals surface area contributed by atoms with Crippen molar-refractivity contribution < 1.29 is 0 Å². The second kappa shape index (κ2) is 9.92. The van der Waals surface area contributed by atoms with Crippen molar-refractivity contribution in [1.29, 1.82) is 0 Å². The largest absolute Gasteiger partial charge is 0.309 e. The fourth-order valence-corrected chi connectivity index (χ4v) is 8.91. The molecule has 3 aromatic heterocycles. The minimum Gasteiger partial charge on any atom is -0.309 e. The molecular formula is C43H25N3S. The first-order valence-electron chi connectivity index (χ1n) is 15.7. The van der Waals surface area contributed by atoms with E-state index in [1.807, 2.05) is 17.4 Å². The van der Waals surface area contributed by atoms with E-state index in [4.69, 9.17) is 6.57 Å². The molecule has 0 aliphatic carbocycles. The van der Waals surface area contributed by atoms with Crippen molar-refractivity contribution in [3.8, 4) is 22.5 Å². The highest BCUT2D eigenvalue weighted by atomic mass is 32.1. The number of benzene rings is 7. The standard InChI is InChI=1S/C43H25N3S/c1-44-27-22-25-40(46-38-20-9-5-14-29(38)30-15-6-10-21-39(30)46)36(26-27)34-18-11-17-33-35-24-23-32-31-16-7-8-19-37(31)45(28-12-3-2-4-13-28)41(32)43(35)47-42(33)34/h2-26H. The molecule has 7 aromatic carbocycles. The monoisotopic (exact) mass is 615 g/mol. The third-order valence-corrected chi connectivity index (χ3v) is 10.8. The third kappa shape index (κ3) is 3.66. The Bertz CT molecular complexity index is 2860. The van der Waals surface area contributed by atoms with Crippen molar-refractivity contribution in [2.45, 2.75) is 0 Å². The molecule has 0 spiro atoms. The number of hydrogen-bond donors (Lipinski definition) is 0. The number of thiophene rings is 1. The van der Waals surface area contributed by atoms with Crippen molar-refractivity contribution in [2.75, 3.05) is 0 Å². The topological polar surface area (TPSA) is 14.2 Å². The van der Waals surface area contributed by atoms with Crippen molar-refractivity contribution in [1.82, 2.24) is 9.13 Å². The molecule has 0 radical (unpaired) electrons. The minimum absolute atomic E-state index is 0.634. The molecular weight excluding hydrogens is 591 g/mol. The van der Waals surface area contributed by atoms with E-state index in [-0.39, 0.29) is 0 Å². The van der Waals surface area contributed by atoms with Crippen LogP contribution in [0.5, 0.6) is 0 Å². The van der Waals surface area contributed by atoms with E-state index in [9.17, 15) is 0 Å². The van der Waals surface area contributed by atoms with Gasteiger partial charge in [-0.25, -0.2) is 4.85 Å². The fraction of sp³-hybridized carbons (Fsp3) is 0. The molecule has 0 atom stereocenters. The van der Waals surface area contributed by atoms with E-state index in [2.05, 4.69) is 160 Å². The first kappa shape index (κ1) is 26.1. The van der Waals surface area contributed by atoms with Crippen LogP contribution in [0, 0.1) is 6.57 Å². The summed E-state index contributed by atoms with van der Waals surface area (Å²) in [6.07, 6.45) is 0. The van der Waals surface area contributed by atoms with Crippen LogP contribution in [0.2, 0.25) is 0 Å². The van der Waals surface area contributed by atoms with Crippen LogP contribution >= 0.6 is 11.3 Å². The Labute approximate surface area is 274 Å². The summed E-state index contributed by atoms with van der Waals surface area (Å²) in [7, 11) is 0. The van der Waals surface area contributed by atoms with Gasteiger partial charge in [0.25, 0.3) is 0 Å². The van der Waals surface area contributed by atoms with E-state index < -0.39 is 0 Å². The van der Waals surface area contributed by atoms with Gasteiger partial charge in [-0.3, -0.25) is 0 Å². The van der Waals surface area contributed by atoms with Crippen molar-refractivity contribution in [3.63, 3.8) is 0 Å². The summed E-state index contributed by atoms with van der Waals surface area (Å²) in [4.78, 5) is 3.88. The first-order chi connectivity index (χ1) is 23.3. The summed E-state index contributed by atoms with van der Waals surface area (Å²) in [6, 6.07) is 54.0. The Kier molecular flexibility index (Phi) is 5.51. The number of para-hydroxylation sites is 4. The lowest BCUT2D eigenvalue weighted by molar-refractivity contribution is 1.18. The maximum Gasteiger partial charge on any atom is 0.188 e. The van der Waals surface area contributed by atoms with Crippen molar-refractivity contribution in [2.24, 2.45) is 0 Å². The van der Waals surface area contributed by atoms with Crippen molar-refractivity contribution >= 4 is 80.8 Å². The minimum atomic E-state index is 0.634. The molecule has 0 fully saturated rings. The van der Waals surface area contributed by atoms with E-state index >= 15 is 0 Å². The van der Waals surface area contributed by atoms with Crippen LogP contribution in [0.25, 0.3) is 91.1 Å². The van der Waals surface area contributed by atoms with Crippen LogP contribution in [0.15, 0.2) is 152 Å². The summed E-state index contributed by atoms with van der Waals surface area (Å²) in [5.41, 5.74) is 9.81. The molecule has 0 unspecified atom stereocenters. The molecule has 0 aliphatic heterocycles. The zero-order chi connectivity index (χ0) is 31.1. The lowest BCUT2D eigenvalue weighted by Gasteiger charge is -2.15. The van der Waals surface area contributed by atoms with Gasteiger partial charge in [0.1, 0.15) is 0 Å². The Morgan fingerprint density at radius 1 is 0.447 bits per heavy atom. The molecule has 3 heterocycles. The van der Waals surface area contributed by atoms with Gasteiger partial charge in [-0.2, -0.15) is 0 Å². The molecule has 10 rings (SSSR count). The van der Waals surface area contributed by atoms with Crippen LogP contribution in [0.3, 0.4) is 0 Å². The normalized spacial score (nSPS) is 11.8. The lowest BCUT2D eigenvalue weighted by atomic mass is 9.99. The number of rotatable bonds is 3. The Balaban J connectivity index is 1.33. The van der Waals surface area contributed by atoms with Gasteiger partial charge < -0.3 is 9.13 Å². The zero-order valence-electron chi connectivity index (χ0n) is 25.2. The van der Waals surface area contributed by atoms with E-state index in [0.29, 0.717) is 5.69 Å². The Hall–Kier alpha value is -6.15. The average molecular weight is 616 g/mol. The third-order valence-electron chi connectivity index (χ3n) is 9.53. The smallest absolute Gasteiger partial charge is 0.188 e. The molecule has 0 saturated carbocycles. The summed E-state index contributed by atoms with van der Waals surface area (Å²) in [5.74, 6) is 0. The predicted octanol–water partition coefficient (Wildman–Crippen LogP) is 12.5. The van der Waals surface area contributed by atoms with E-state index in [0.717, 1.165) is 33.5 Å². The van der Waals surface area contributed by atoms with Crippen LogP contribution < -0.4 is 0 Å². The highest BCUT2D eigenvalue weighted by Gasteiger charge is 2.21. The summed E-state index contributed by atoms with van der Waals surface area (Å²) < 4.78 is 7.28. The summed E-state index contributed by atoms with van der Waals surface area (Å²) in [5, 5.41) is 7.43. The van der Waals surface area contributed by atoms with Gasteiger partial charge in [-0.1, -0.05) is 109 Å². The SMILES string of the molecule is [C-]#[N+]c1ccc(-n2c3ccccc3c3ccccc32)c(-c2cccc3c2sc2c3ccc3c4ccccc4n(-c4ccccc4)c32)c1. The lowest BCUT2D eigenvalue weighted by Crippen LogP contribution is -1.97. The fourth-order valence-electron chi connectivity index (χ4n) is 7.55. The average Bonchev–Trinajstić information content (AvgIpc) is 3.80. The van der Waals surface area contributed by atoms with Crippen LogP contribution in [-0.4, -0.2) is 9.13 Å². The van der Waals surface area contributed by atoms with Gasteiger partial charge in [0.05, 0.1) is 39.0 Å². The van der Waals surface area contributed by atoms with Gasteiger partial charge in [0.2, 0.25) is 0 Å². The highest BCUT2D eigenvalue weighted by molar-refractivity contribution is 7.27. The number of nitrogens with zero attached hydrogens (tertiary/aromatic N) is 3. The molecule has 3 nitrogen and oxygen atoms in total. The zero-order valence-corrected chi connectivity index (χ0v) is 26.0. The molecule has 0 saturated heterocycles. The molecule has 0 aliphatic rings. The van der Waals surface area contributed by atoms with Crippen molar-refractivity contribution in [3.05, 3.63) is 163 Å². The number of aromatic nitrogens is 2. The predicted molar refractivity (Wildman–Crippen MR) is 200 cm³/mol. The molecule has 0 bridgehead atoms. The quantitative estimate of drug-likeness (QED) is 0.176. The molecule has 218 valence electrons. The second-order valence-corrected chi connectivity index (χ2v) is 13.0. The maximum absolute atomic E-state index is 7.93. The Morgan fingerprint density at radius 2 is 1.02 bits per heavy atom. The molecule has 47 heavy (non-hydrogen) atoms. The number of hydrogen-bond acceptors (Lipinski definition) is 1. The highest BCUT2D eigenvalue weighted by Crippen LogP contribution is 2.47. The van der Waals surface area contributed by atoms with E-state index in [1.54, 1.807) is 0 Å². The summed E-state index contributed by atoms with van der Waals surface area (Å²) >= 11 is 1.86. The molecule has 10 aromatic rings. The van der Waals surface area contributed by atoms with Crippen LogP contribution in [0.1, 0.15) is 0 Å². The second-order valence-electron chi connectivity index (χ2n) is 12.0. The first-order valence-corrected chi connectivity index (χ1v) is 16.5. The molecule has 4 heteroatoms. The Morgan fingerprint density at radius 3 is 1.72 bits per heavy atom. The maximum atomic E-state index is 7.93. The van der Waals surface area contributed by atoms with Gasteiger partial charge in [-0.15, -0.1) is 11.3 Å². The number of fused-ring (bicyclic) bond motifs is 10.